The maximum Gasteiger partial charge on any atom is 0.407 e. The van der Waals surface area contributed by atoms with Gasteiger partial charge in [0, 0.05) is 18.5 Å². The van der Waals surface area contributed by atoms with Gasteiger partial charge >= 0.3 is 6.09 Å². The molecule has 15 heavy (non-hydrogen) atoms. The third-order valence-corrected chi connectivity index (χ3v) is 2.05. The molecule has 2 N–H and O–H groups in total. The largest absolute Gasteiger partial charge is 0.453 e. The Kier molecular flexibility index (Phi) is 6.49. The van der Waals surface area contributed by atoms with Gasteiger partial charge in [-0.15, -0.1) is 0 Å². The summed E-state index contributed by atoms with van der Waals surface area (Å²) in [4.78, 5) is 22.2. The minimum absolute atomic E-state index is 0.0138. The summed E-state index contributed by atoms with van der Waals surface area (Å²) in [7, 11) is 1.31. The number of carbonyl (C=O) groups is 2. The number of carbonyl (C=O) groups excluding carboxylic acids is 2. The summed E-state index contributed by atoms with van der Waals surface area (Å²) in [5.41, 5.74) is 0. The van der Waals surface area contributed by atoms with Crippen molar-refractivity contribution in [3.8, 4) is 0 Å². The van der Waals surface area contributed by atoms with Crippen LogP contribution < -0.4 is 10.6 Å². The zero-order valence-electron chi connectivity index (χ0n) is 9.79. The second-order valence-electron chi connectivity index (χ2n) is 3.64. The van der Waals surface area contributed by atoms with Crippen molar-refractivity contribution in [3.05, 3.63) is 0 Å². The van der Waals surface area contributed by atoms with Crippen molar-refractivity contribution in [3.63, 3.8) is 0 Å². The summed E-state index contributed by atoms with van der Waals surface area (Å²) >= 11 is 0. The predicted octanol–water partition coefficient (Wildman–Crippen LogP) is 0.893. The second-order valence-corrected chi connectivity index (χ2v) is 3.64. The highest BCUT2D eigenvalue weighted by molar-refractivity contribution is 5.77. The van der Waals surface area contributed by atoms with Gasteiger partial charge in [-0.05, 0) is 6.42 Å². The molecule has 0 aromatic rings. The van der Waals surface area contributed by atoms with Crippen LogP contribution in [0.1, 0.15) is 27.2 Å². The number of hydrogen-bond acceptors (Lipinski definition) is 3. The van der Waals surface area contributed by atoms with Crippen LogP contribution in [0.2, 0.25) is 0 Å². The lowest BCUT2D eigenvalue weighted by atomic mass is 10.2. The first kappa shape index (κ1) is 13.7. The minimum atomic E-state index is -0.472. The summed E-state index contributed by atoms with van der Waals surface area (Å²) in [6, 6.07) is -0.0832. The van der Waals surface area contributed by atoms with Gasteiger partial charge in [-0.25, -0.2) is 4.79 Å². The van der Waals surface area contributed by atoms with Crippen LogP contribution in [-0.4, -0.2) is 31.7 Å². The van der Waals surface area contributed by atoms with Crippen molar-refractivity contribution in [2.24, 2.45) is 5.92 Å². The maximum atomic E-state index is 11.3. The average molecular weight is 216 g/mol. The third kappa shape index (κ3) is 5.93. The molecule has 88 valence electrons. The summed E-state index contributed by atoms with van der Waals surface area (Å²) in [6.45, 7) is 6.01. The van der Waals surface area contributed by atoms with Crippen molar-refractivity contribution in [1.82, 2.24) is 10.6 Å². The normalized spacial score (nSPS) is 12.1. The summed E-state index contributed by atoms with van der Waals surface area (Å²) in [5.74, 6) is -0.0549. The predicted molar refractivity (Wildman–Crippen MR) is 57.5 cm³/mol. The lowest BCUT2D eigenvalue weighted by molar-refractivity contribution is -0.124. The van der Waals surface area contributed by atoms with Crippen molar-refractivity contribution >= 4 is 12.0 Å². The van der Waals surface area contributed by atoms with E-state index in [9.17, 15) is 9.59 Å². The number of nitrogens with one attached hydrogen (secondary N) is 2. The van der Waals surface area contributed by atoms with Crippen molar-refractivity contribution in [2.75, 3.05) is 13.7 Å². The molecule has 0 bridgehead atoms. The van der Waals surface area contributed by atoms with E-state index in [1.165, 1.54) is 7.11 Å². The highest BCUT2D eigenvalue weighted by atomic mass is 16.5. The molecule has 0 aliphatic heterocycles. The first-order valence-electron chi connectivity index (χ1n) is 5.13. The van der Waals surface area contributed by atoms with Gasteiger partial charge in [-0.1, -0.05) is 20.8 Å². The zero-order valence-corrected chi connectivity index (χ0v) is 9.79. The molecule has 0 aliphatic rings. The van der Waals surface area contributed by atoms with Gasteiger partial charge in [0.05, 0.1) is 7.11 Å². The standard InChI is InChI=1S/C10H20N2O3/c1-5-8(12-10(14)15-4)6-11-9(13)7(2)3/h7-8H,5-6H2,1-4H3,(H,11,13)(H,12,14). The second kappa shape index (κ2) is 7.09. The SMILES string of the molecule is CCC(CNC(=O)C(C)C)NC(=O)OC. The highest BCUT2D eigenvalue weighted by Crippen LogP contribution is 1.93. The number of hydrogen-bond donors (Lipinski definition) is 2. The Balaban J connectivity index is 3.90. The molecule has 1 unspecified atom stereocenters. The van der Waals surface area contributed by atoms with Gasteiger partial charge < -0.3 is 15.4 Å². The molecule has 0 spiro atoms. The summed E-state index contributed by atoms with van der Waals surface area (Å²) < 4.78 is 4.47. The summed E-state index contributed by atoms with van der Waals surface area (Å²) in [6.07, 6.45) is 0.272. The van der Waals surface area contributed by atoms with Crippen LogP contribution in [0.15, 0.2) is 0 Å². The van der Waals surface area contributed by atoms with Crippen molar-refractivity contribution in [2.45, 2.75) is 33.2 Å². The van der Waals surface area contributed by atoms with E-state index in [0.29, 0.717) is 6.54 Å². The molecule has 0 saturated carbocycles. The number of alkyl carbamates (subject to hydrolysis) is 1. The van der Waals surface area contributed by atoms with Gasteiger partial charge in [0.25, 0.3) is 0 Å². The first-order chi connectivity index (χ1) is 7.01. The fraction of sp³-hybridized carbons (Fsp3) is 0.800. The van der Waals surface area contributed by atoms with Crippen molar-refractivity contribution < 1.29 is 14.3 Å². The van der Waals surface area contributed by atoms with Crippen LogP contribution in [0.4, 0.5) is 4.79 Å². The van der Waals surface area contributed by atoms with E-state index < -0.39 is 6.09 Å². The molecule has 0 rings (SSSR count). The first-order valence-corrected chi connectivity index (χ1v) is 5.13. The Hall–Kier alpha value is -1.26. The Morgan fingerprint density at radius 1 is 1.33 bits per heavy atom. The van der Waals surface area contributed by atoms with Gasteiger partial charge in [0.15, 0.2) is 0 Å². The molecule has 0 fully saturated rings. The van der Waals surface area contributed by atoms with Crippen LogP contribution in [0.5, 0.6) is 0 Å². The molecule has 5 heteroatoms. The van der Waals surface area contributed by atoms with Crippen LogP contribution in [0.25, 0.3) is 0 Å². The highest BCUT2D eigenvalue weighted by Gasteiger charge is 2.12. The fourth-order valence-electron chi connectivity index (χ4n) is 0.951. The molecule has 0 heterocycles. The zero-order chi connectivity index (χ0) is 11.8. The Labute approximate surface area is 90.6 Å². The molecule has 2 amide bonds. The molecular formula is C10H20N2O3. The van der Waals surface area contributed by atoms with E-state index in [1.54, 1.807) is 0 Å². The molecule has 0 aromatic heterocycles. The average Bonchev–Trinajstić information content (AvgIpc) is 2.22. The smallest absolute Gasteiger partial charge is 0.407 e. The van der Waals surface area contributed by atoms with Crippen LogP contribution in [0, 0.1) is 5.92 Å². The van der Waals surface area contributed by atoms with Gasteiger partial charge in [-0.2, -0.15) is 0 Å². The Bertz CT molecular complexity index is 217. The van der Waals surface area contributed by atoms with Gasteiger partial charge in [0.2, 0.25) is 5.91 Å². The number of rotatable bonds is 5. The van der Waals surface area contributed by atoms with E-state index in [4.69, 9.17) is 0 Å². The third-order valence-electron chi connectivity index (χ3n) is 2.05. The molecule has 0 aliphatic carbocycles. The molecule has 0 radical (unpaired) electrons. The molecule has 1 atom stereocenters. The summed E-state index contributed by atoms with van der Waals surface area (Å²) in [5, 5.41) is 5.39. The molecule has 0 aromatic carbocycles. The van der Waals surface area contributed by atoms with E-state index in [-0.39, 0.29) is 17.9 Å². The van der Waals surface area contributed by atoms with E-state index >= 15 is 0 Å². The molecule has 5 nitrogen and oxygen atoms in total. The minimum Gasteiger partial charge on any atom is -0.453 e. The van der Waals surface area contributed by atoms with Crippen LogP contribution in [-0.2, 0) is 9.53 Å². The van der Waals surface area contributed by atoms with Gasteiger partial charge in [0.1, 0.15) is 0 Å². The van der Waals surface area contributed by atoms with E-state index in [1.807, 2.05) is 20.8 Å². The van der Waals surface area contributed by atoms with Crippen LogP contribution in [0.3, 0.4) is 0 Å². The lowest BCUT2D eigenvalue weighted by Gasteiger charge is -2.17. The number of methoxy groups -OCH3 is 1. The lowest BCUT2D eigenvalue weighted by Crippen LogP contribution is -2.44. The Morgan fingerprint density at radius 3 is 2.33 bits per heavy atom. The monoisotopic (exact) mass is 216 g/mol. The molecule has 0 saturated heterocycles. The van der Waals surface area contributed by atoms with Crippen molar-refractivity contribution in [1.29, 1.82) is 0 Å². The maximum absolute atomic E-state index is 11.3. The fourth-order valence-corrected chi connectivity index (χ4v) is 0.951. The number of ether oxygens (including phenoxy) is 1. The number of amides is 2. The molecular weight excluding hydrogens is 196 g/mol. The Morgan fingerprint density at radius 2 is 1.93 bits per heavy atom. The van der Waals surface area contributed by atoms with E-state index in [0.717, 1.165) is 6.42 Å². The quantitative estimate of drug-likeness (QED) is 0.717. The topological polar surface area (TPSA) is 67.4 Å². The van der Waals surface area contributed by atoms with E-state index in [2.05, 4.69) is 15.4 Å². The van der Waals surface area contributed by atoms with Gasteiger partial charge in [-0.3, -0.25) is 4.79 Å². The van der Waals surface area contributed by atoms with Crippen LogP contribution >= 0.6 is 0 Å².